The maximum atomic E-state index is 12.5. The number of guanidine groups is 1. The quantitative estimate of drug-likeness (QED) is 0.151. The van der Waals surface area contributed by atoms with E-state index in [0.717, 1.165) is 31.6 Å². The number of carbonyl (C=O) groups is 2. The summed E-state index contributed by atoms with van der Waals surface area (Å²) in [5, 5.41) is 11.9. The van der Waals surface area contributed by atoms with E-state index in [1.54, 1.807) is 54.7 Å². The molecule has 0 radical (unpaired) electrons. The molecule has 1 saturated heterocycles. The van der Waals surface area contributed by atoms with Crippen molar-refractivity contribution in [3.8, 4) is 17.9 Å². The molecule has 0 aliphatic carbocycles. The lowest BCUT2D eigenvalue weighted by Crippen LogP contribution is -2.30. The maximum absolute atomic E-state index is 12.5. The van der Waals surface area contributed by atoms with Gasteiger partial charge in [0.25, 0.3) is 11.8 Å². The Balaban J connectivity index is 1.40. The molecule has 0 unspecified atom stereocenters. The Morgan fingerprint density at radius 2 is 1.73 bits per heavy atom. The van der Waals surface area contributed by atoms with E-state index in [-0.39, 0.29) is 17.8 Å². The summed E-state index contributed by atoms with van der Waals surface area (Å²) in [7, 11) is 0. The van der Waals surface area contributed by atoms with Crippen LogP contribution in [0.25, 0.3) is 0 Å². The molecule has 2 aliphatic heterocycles. The maximum Gasteiger partial charge on any atom is 0.261 e. The van der Waals surface area contributed by atoms with Crippen LogP contribution in [-0.2, 0) is 0 Å². The molecule has 0 saturated carbocycles. The number of nitriles is 1. The monoisotopic (exact) mass is 492 g/mol. The van der Waals surface area contributed by atoms with Crippen molar-refractivity contribution in [3.63, 3.8) is 0 Å². The average molecular weight is 493 g/mol. The Hall–Kier alpha value is -4.82. The van der Waals surface area contributed by atoms with Gasteiger partial charge in [-0.2, -0.15) is 5.26 Å². The molecule has 4 rings (SSSR count). The van der Waals surface area contributed by atoms with Crippen LogP contribution in [0.15, 0.2) is 77.6 Å². The number of unbranched alkanes of at least 4 members (excludes halogenated alkanes) is 1. The van der Waals surface area contributed by atoms with E-state index in [1.165, 1.54) is 4.90 Å². The zero-order valence-electron chi connectivity index (χ0n) is 20.5. The second kappa shape index (κ2) is 11.7. The molecule has 0 aromatic heterocycles. The number of allylic oxidation sites excluding steroid dienone is 1. The molecule has 3 N–H and O–H groups in total. The largest absolute Gasteiger partial charge is 0.371 e. The van der Waals surface area contributed by atoms with Crippen LogP contribution in [0.1, 0.15) is 52.0 Å². The molecule has 37 heavy (non-hydrogen) atoms. The van der Waals surface area contributed by atoms with Gasteiger partial charge in [0, 0.05) is 43.6 Å². The second-order valence-corrected chi connectivity index (χ2v) is 8.72. The molecule has 2 aliphatic rings. The van der Waals surface area contributed by atoms with Gasteiger partial charge in [-0.25, -0.2) is 4.99 Å². The molecule has 2 amide bonds. The smallest absolute Gasteiger partial charge is 0.261 e. The normalized spacial score (nSPS) is 15.2. The predicted octanol–water partition coefficient (Wildman–Crippen LogP) is 3.86. The van der Waals surface area contributed by atoms with Gasteiger partial charge in [-0.1, -0.05) is 30.6 Å². The van der Waals surface area contributed by atoms with Crippen LogP contribution in [-0.4, -0.2) is 47.2 Å². The first-order chi connectivity index (χ1) is 18.0. The molecule has 2 heterocycles. The van der Waals surface area contributed by atoms with Crippen LogP contribution in [0.3, 0.4) is 0 Å². The van der Waals surface area contributed by atoms with E-state index >= 15 is 0 Å². The first-order valence-electron chi connectivity index (χ1n) is 12.2. The number of imide groups is 1. The van der Waals surface area contributed by atoms with Crippen molar-refractivity contribution in [2.45, 2.75) is 25.7 Å². The summed E-state index contributed by atoms with van der Waals surface area (Å²) in [4.78, 5) is 32.8. The lowest BCUT2D eigenvalue weighted by molar-refractivity contribution is 0.0653. The molecule has 186 valence electrons. The molecular weight excluding hydrogens is 464 g/mol. The van der Waals surface area contributed by atoms with Crippen molar-refractivity contribution < 1.29 is 9.59 Å². The second-order valence-electron chi connectivity index (χ2n) is 8.72. The molecule has 0 bridgehead atoms. The van der Waals surface area contributed by atoms with Crippen LogP contribution in [0.2, 0.25) is 0 Å². The number of benzene rings is 2. The summed E-state index contributed by atoms with van der Waals surface area (Å²) in [6, 6.07) is 15.8. The number of nitrogens with two attached hydrogens (primary N) is 1. The summed E-state index contributed by atoms with van der Waals surface area (Å²) in [6.07, 6.45) is 4.87. The standard InChI is InChI=1S/C29H28N6O2/c1-21(34-16-7-8-17-34)23(20-32-29(31)33-24-14-12-22(19-30)13-15-24)9-3-2-6-18-35-27(36)25-10-4-5-11-26(25)28(35)37/h4-5,10-15,20H,1-2,6-8,16-18H2,(H3,31,32,33)/b23-20-. The lowest BCUT2D eigenvalue weighted by Gasteiger charge is -2.19. The molecule has 8 nitrogen and oxygen atoms in total. The van der Waals surface area contributed by atoms with Crippen molar-refractivity contribution in [1.82, 2.24) is 9.80 Å². The van der Waals surface area contributed by atoms with Gasteiger partial charge in [-0.15, -0.1) is 0 Å². The Bertz CT molecular complexity index is 1330. The molecule has 8 heteroatoms. The minimum Gasteiger partial charge on any atom is -0.371 e. The topological polar surface area (TPSA) is 115 Å². The Labute approximate surface area is 216 Å². The summed E-state index contributed by atoms with van der Waals surface area (Å²) in [5.41, 5.74) is 9.69. The van der Waals surface area contributed by atoms with E-state index in [4.69, 9.17) is 11.0 Å². The van der Waals surface area contributed by atoms with Gasteiger partial charge < -0.3 is 16.0 Å². The van der Waals surface area contributed by atoms with Crippen molar-refractivity contribution in [2.75, 3.05) is 25.0 Å². The number of likely N-dealkylation sites (tertiary alicyclic amines) is 1. The van der Waals surface area contributed by atoms with E-state index in [9.17, 15) is 9.59 Å². The number of carbonyl (C=O) groups excluding carboxylic acids is 2. The van der Waals surface area contributed by atoms with Crippen molar-refractivity contribution in [2.24, 2.45) is 10.7 Å². The number of hydrogen-bond acceptors (Lipinski definition) is 5. The zero-order valence-corrected chi connectivity index (χ0v) is 20.5. The molecule has 0 atom stereocenters. The van der Waals surface area contributed by atoms with Gasteiger partial charge in [-0.3, -0.25) is 14.5 Å². The molecular formula is C29H28N6O2. The molecule has 2 aromatic carbocycles. The van der Waals surface area contributed by atoms with Crippen molar-refractivity contribution in [3.05, 3.63) is 89.3 Å². The lowest BCUT2D eigenvalue weighted by atomic mass is 10.1. The first kappa shape index (κ1) is 25.3. The van der Waals surface area contributed by atoms with Gasteiger partial charge in [0.1, 0.15) is 0 Å². The number of anilines is 1. The molecule has 1 fully saturated rings. The third-order valence-electron chi connectivity index (χ3n) is 6.20. The van der Waals surface area contributed by atoms with Gasteiger partial charge in [0.15, 0.2) is 5.96 Å². The first-order valence-corrected chi connectivity index (χ1v) is 12.2. The van der Waals surface area contributed by atoms with Crippen LogP contribution in [0.5, 0.6) is 0 Å². The summed E-state index contributed by atoms with van der Waals surface area (Å²) >= 11 is 0. The number of amides is 2. The number of nitrogens with zero attached hydrogens (tertiary/aromatic N) is 4. The average Bonchev–Trinajstić information content (AvgIpc) is 3.54. The van der Waals surface area contributed by atoms with Gasteiger partial charge in [0.05, 0.1) is 28.3 Å². The Morgan fingerprint density at radius 1 is 1.08 bits per heavy atom. The summed E-state index contributed by atoms with van der Waals surface area (Å²) in [6.45, 7) is 6.37. The van der Waals surface area contributed by atoms with Gasteiger partial charge in [-0.05, 0) is 55.7 Å². The molecule has 2 aromatic rings. The SMILES string of the molecule is C=C(/C(C#CCCCN1C(=O)c2ccccc2C1=O)=C\N=C(N)Nc1ccc(C#N)cc1)N1CCCC1. The Morgan fingerprint density at radius 3 is 2.35 bits per heavy atom. The number of hydrogen-bond donors (Lipinski definition) is 2. The highest BCUT2D eigenvalue weighted by atomic mass is 16.2. The molecule has 0 spiro atoms. The van der Waals surface area contributed by atoms with Crippen molar-refractivity contribution >= 4 is 23.5 Å². The number of rotatable bonds is 7. The fourth-order valence-corrected chi connectivity index (χ4v) is 4.20. The number of nitrogens with one attached hydrogen (secondary N) is 1. The summed E-state index contributed by atoms with van der Waals surface area (Å²) in [5.74, 6) is 5.96. The highest BCUT2D eigenvalue weighted by Gasteiger charge is 2.34. The van der Waals surface area contributed by atoms with Crippen LogP contribution in [0, 0.1) is 23.2 Å². The van der Waals surface area contributed by atoms with Gasteiger partial charge in [0.2, 0.25) is 0 Å². The van der Waals surface area contributed by atoms with Crippen molar-refractivity contribution in [1.29, 1.82) is 5.26 Å². The number of fused-ring (bicyclic) bond motifs is 1. The number of aliphatic imine (C=N–C) groups is 1. The van der Waals surface area contributed by atoms with E-state index in [2.05, 4.69) is 39.7 Å². The van der Waals surface area contributed by atoms with Crippen LogP contribution < -0.4 is 11.1 Å². The zero-order chi connectivity index (χ0) is 26.2. The van der Waals surface area contributed by atoms with Crippen LogP contribution >= 0.6 is 0 Å². The minimum absolute atomic E-state index is 0.184. The highest BCUT2D eigenvalue weighted by molar-refractivity contribution is 6.21. The van der Waals surface area contributed by atoms with E-state index < -0.39 is 0 Å². The van der Waals surface area contributed by atoms with E-state index in [0.29, 0.717) is 47.3 Å². The van der Waals surface area contributed by atoms with Gasteiger partial charge >= 0.3 is 0 Å². The third-order valence-corrected chi connectivity index (χ3v) is 6.20. The summed E-state index contributed by atoms with van der Waals surface area (Å²) < 4.78 is 0. The fraction of sp³-hybridized carbons (Fsp3) is 0.241. The predicted molar refractivity (Wildman–Crippen MR) is 143 cm³/mol. The Kier molecular flexibility index (Phi) is 8.02. The fourth-order valence-electron chi connectivity index (χ4n) is 4.20. The van der Waals surface area contributed by atoms with E-state index in [1.807, 2.05) is 0 Å². The minimum atomic E-state index is -0.254. The van der Waals surface area contributed by atoms with Crippen LogP contribution in [0.4, 0.5) is 5.69 Å². The third kappa shape index (κ3) is 6.06. The highest BCUT2D eigenvalue weighted by Crippen LogP contribution is 2.23.